The number of urea groups is 1. The summed E-state index contributed by atoms with van der Waals surface area (Å²) in [5, 5.41) is 2.51. The summed E-state index contributed by atoms with van der Waals surface area (Å²) in [5.74, 6) is 0.324. The third-order valence-corrected chi connectivity index (χ3v) is 4.51. The third-order valence-electron chi connectivity index (χ3n) is 4.51. The number of ether oxygens (including phenoxy) is 1. The molecule has 0 bridgehead atoms. The highest BCUT2D eigenvalue weighted by Crippen LogP contribution is 2.20. The van der Waals surface area contributed by atoms with Gasteiger partial charge in [0.25, 0.3) is 5.91 Å². The van der Waals surface area contributed by atoms with Crippen LogP contribution in [0.5, 0.6) is 5.75 Å². The number of nitrogens with two attached hydrogens (primary N) is 1. The van der Waals surface area contributed by atoms with Gasteiger partial charge in [0.2, 0.25) is 0 Å². The van der Waals surface area contributed by atoms with Crippen molar-refractivity contribution in [2.24, 2.45) is 5.73 Å². The predicted octanol–water partition coefficient (Wildman–Crippen LogP) is 2.68. The quantitative estimate of drug-likeness (QED) is 0.847. The van der Waals surface area contributed by atoms with Gasteiger partial charge in [-0.25, -0.2) is 9.18 Å². The van der Waals surface area contributed by atoms with Crippen molar-refractivity contribution in [1.29, 1.82) is 0 Å². The number of benzene rings is 2. The van der Waals surface area contributed by atoms with Crippen LogP contribution in [0.2, 0.25) is 0 Å². The third kappa shape index (κ3) is 5.20. The average molecular weight is 371 g/mol. The summed E-state index contributed by atoms with van der Waals surface area (Å²) in [7, 11) is 0. The maximum Gasteiger partial charge on any atom is 0.312 e. The summed E-state index contributed by atoms with van der Waals surface area (Å²) >= 11 is 0. The first-order valence-electron chi connectivity index (χ1n) is 8.85. The number of hydrogen-bond donors (Lipinski definition) is 2. The van der Waals surface area contributed by atoms with E-state index in [4.69, 9.17) is 10.5 Å². The molecule has 0 atom stereocenters. The number of piperidine rings is 1. The zero-order chi connectivity index (χ0) is 19.2. The molecule has 1 saturated heterocycles. The van der Waals surface area contributed by atoms with E-state index in [2.05, 4.69) is 5.32 Å². The minimum Gasteiger partial charge on any atom is -0.490 e. The maximum absolute atomic E-state index is 12.9. The molecule has 2 aromatic carbocycles. The molecule has 1 fully saturated rings. The van der Waals surface area contributed by atoms with Crippen LogP contribution in [-0.2, 0) is 6.54 Å². The molecule has 3 N–H and O–H groups in total. The zero-order valence-electron chi connectivity index (χ0n) is 14.9. The molecule has 0 spiro atoms. The van der Waals surface area contributed by atoms with Crippen molar-refractivity contribution in [3.05, 3.63) is 65.5 Å². The number of halogens is 1. The van der Waals surface area contributed by atoms with Gasteiger partial charge in [0.15, 0.2) is 0 Å². The zero-order valence-corrected chi connectivity index (χ0v) is 14.9. The second kappa shape index (κ2) is 8.53. The van der Waals surface area contributed by atoms with Gasteiger partial charge in [0.05, 0.1) is 0 Å². The summed E-state index contributed by atoms with van der Waals surface area (Å²) in [6.07, 6.45) is 1.47. The lowest BCUT2D eigenvalue weighted by Crippen LogP contribution is -2.41. The molecule has 3 amide bonds. The highest BCUT2D eigenvalue weighted by atomic mass is 19.1. The topological polar surface area (TPSA) is 84.7 Å². The molecule has 1 aliphatic heterocycles. The van der Waals surface area contributed by atoms with Gasteiger partial charge in [-0.2, -0.15) is 0 Å². The van der Waals surface area contributed by atoms with Crippen LogP contribution in [0.1, 0.15) is 28.8 Å². The van der Waals surface area contributed by atoms with E-state index in [0.29, 0.717) is 30.9 Å². The van der Waals surface area contributed by atoms with Crippen molar-refractivity contribution in [3.63, 3.8) is 0 Å². The highest BCUT2D eigenvalue weighted by molar-refractivity contribution is 5.94. The molecule has 27 heavy (non-hydrogen) atoms. The molecule has 7 heteroatoms. The molecule has 0 saturated carbocycles. The fourth-order valence-corrected chi connectivity index (χ4v) is 3.02. The minimum atomic E-state index is -0.583. The van der Waals surface area contributed by atoms with Crippen molar-refractivity contribution in [2.45, 2.75) is 25.5 Å². The molecule has 0 aromatic heterocycles. The molecule has 0 radical (unpaired) electrons. The first kappa shape index (κ1) is 18.7. The SMILES string of the molecule is NC(=O)NCc1ccc(C(=O)N2CCC(Oc3ccc(F)cc3)CC2)cc1. The number of carbonyl (C=O) groups excluding carboxylic acids is 2. The Morgan fingerprint density at radius 2 is 1.70 bits per heavy atom. The van der Waals surface area contributed by atoms with Gasteiger partial charge in [-0.15, -0.1) is 0 Å². The summed E-state index contributed by atoms with van der Waals surface area (Å²) in [6, 6.07) is 12.5. The van der Waals surface area contributed by atoms with Gasteiger partial charge < -0.3 is 20.7 Å². The molecule has 0 unspecified atom stereocenters. The standard InChI is InChI=1S/C20H22FN3O3/c21-16-5-7-17(8-6-16)27-18-9-11-24(12-10-18)19(25)15-3-1-14(2-4-15)13-23-20(22)26/h1-8,18H,9-13H2,(H3,22,23,26). The molecule has 0 aliphatic carbocycles. The van der Waals surface area contributed by atoms with Gasteiger partial charge in [0.1, 0.15) is 17.7 Å². The number of nitrogens with zero attached hydrogens (tertiary/aromatic N) is 1. The number of hydrogen-bond acceptors (Lipinski definition) is 3. The Bertz CT molecular complexity index is 785. The van der Waals surface area contributed by atoms with Crippen molar-refractivity contribution in [1.82, 2.24) is 10.2 Å². The van der Waals surface area contributed by atoms with E-state index >= 15 is 0 Å². The molecule has 2 aromatic rings. The Hall–Kier alpha value is -3.09. The van der Waals surface area contributed by atoms with Crippen LogP contribution < -0.4 is 15.8 Å². The van der Waals surface area contributed by atoms with Crippen LogP contribution in [0.25, 0.3) is 0 Å². The minimum absolute atomic E-state index is 0.0155. The van der Waals surface area contributed by atoms with E-state index in [0.717, 1.165) is 18.4 Å². The predicted molar refractivity (Wildman–Crippen MR) is 98.8 cm³/mol. The van der Waals surface area contributed by atoms with Crippen LogP contribution in [0.4, 0.5) is 9.18 Å². The van der Waals surface area contributed by atoms with Gasteiger partial charge in [-0.05, 0) is 42.0 Å². The second-order valence-corrected chi connectivity index (χ2v) is 6.48. The first-order valence-corrected chi connectivity index (χ1v) is 8.85. The lowest BCUT2D eigenvalue weighted by atomic mass is 10.1. The highest BCUT2D eigenvalue weighted by Gasteiger charge is 2.24. The van der Waals surface area contributed by atoms with E-state index in [1.54, 1.807) is 41.3 Å². The van der Waals surface area contributed by atoms with Crippen molar-refractivity contribution < 1.29 is 18.7 Å². The molecular weight excluding hydrogens is 349 g/mol. The van der Waals surface area contributed by atoms with E-state index in [1.165, 1.54) is 12.1 Å². The van der Waals surface area contributed by atoms with Crippen LogP contribution in [0.15, 0.2) is 48.5 Å². The lowest BCUT2D eigenvalue weighted by molar-refractivity contribution is 0.0595. The van der Waals surface area contributed by atoms with Crippen LogP contribution in [0.3, 0.4) is 0 Å². The Balaban J connectivity index is 1.50. The number of likely N-dealkylation sites (tertiary alicyclic amines) is 1. The second-order valence-electron chi connectivity index (χ2n) is 6.48. The number of carbonyl (C=O) groups is 2. The molecule has 6 nitrogen and oxygen atoms in total. The fourth-order valence-electron chi connectivity index (χ4n) is 3.02. The van der Waals surface area contributed by atoms with E-state index in [9.17, 15) is 14.0 Å². The smallest absolute Gasteiger partial charge is 0.312 e. The van der Waals surface area contributed by atoms with Gasteiger partial charge in [0, 0.05) is 38.0 Å². The Morgan fingerprint density at radius 3 is 2.30 bits per heavy atom. The average Bonchev–Trinajstić information content (AvgIpc) is 2.68. The molecular formula is C20H22FN3O3. The van der Waals surface area contributed by atoms with Crippen molar-refractivity contribution in [3.8, 4) is 5.75 Å². The number of amides is 3. The normalized spacial score (nSPS) is 14.6. The van der Waals surface area contributed by atoms with Crippen molar-refractivity contribution >= 4 is 11.9 Å². The largest absolute Gasteiger partial charge is 0.490 e. The number of primary amides is 1. The van der Waals surface area contributed by atoms with E-state index in [-0.39, 0.29) is 17.8 Å². The lowest BCUT2D eigenvalue weighted by Gasteiger charge is -2.32. The van der Waals surface area contributed by atoms with Crippen LogP contribution in [0, 0.1) is 5.82 Å². The van der Waals surface area contributed by atoms with Gasteiger partial charge in [-0.3, -0.25) is 4.79 Å². The van der Waals surface area contributed by atoms with Gasteiger partial charge >= 0.3 is 6.03 Å². The summed E-state index contributed by atoms with van der Waals surface area (Å²) < 4.78 is 18.8. The van der Waals surface area contributed by atoms with Crippen LogP contribution in [-0.4, -0.2) is 36.0 Å². The first-order chi connectivity index (χ1) is 13.0. The summed E-state index contributed by atoms with van der Waals surface area (Å²) in [6.45, 7) is 1.54. The Morgan fingerprint density at radius 1 is 1.07 bits per heavy atom. The number of nitrogens with one attached hydrogen (secondary N) is 1. The van der Waals surface area contributed by atoms with E-state index < -0.39 is 6.03 Å². The van der Waals surface area contributed by atoms with E-state index in [1.807, 2.05) is 0 Å². The molecule has 3 rings (SSSR count). The summed E-state index contributed by atoms with van der Waals surface area (Å²) in [5.41, 5.74) is 6.52. The fraction of sp³-hybridized carbons (Fsp3) is 0.300. The van der Waals surface area contributed by atoms with Crippen LogP contribution >= 0.6 is 0 Å². The molecule has 1 heterocycles. The Labute approximate surface area is 157 Å². The molecule has 142 valence electrons. The van der Waals surface area contributed by atoms with Crippen molar-refractivity contribution in [2.75, 3.05) is 13.1 Å². The maximum atomic E-state index is 12.9. The van der Waals surface area contributed by atoms with Gasteiger partial charge in [-0.1, -0.05) is 12.1 Å². The summed E-state index contributed by atoms with van der Waals surface area (Å²) in [4.78, 5) is 25.2. The molecule has 1 aliphatic rings. The monoisotopic (exact) mass is 371 g/mol. The number of rotatable bonds is 5. The Kier molecular flexibility index (Phi) is 5.90.